The summed E-state index contributed by atoms with van der Waals surface area (Å²) in [6.07, 6.45) is 1.18. The largest absolute Gasteiger partial charge is 0.212 e. The Hall–Kier alpha value is -0.580. The molecule has 0 aliphatic rings. The minimum atomic E-state index is -3.21. The standard InChI is InChI=1S/C13H20ClNO2S/c1-11-6-3-4-7-13(11)10-12(2)15-18(16,17)9-5-8-14/h3-4,6-7,12,15H,5,8-10H2,1-2H3. The first-order chi connectivity index (χ1) is 8.44. The van der Waals surface area contributed by atoms with E-state index in [0.717, 1.165) is 0 Å². The molecule has 18 heavy (non-hydrogen) atoms. The molecule has 0 aromatic heterocycles. The first-order valence-electron chi connectivity index (χ1n) is 6.05. The Kier molecular flexibility index (Phi) is 6.12. The quantitative estimate of drug-likeness (QED) is 0.784. The third-order valence-electron chi connectivity index (χ3n) is 2.71. The summed E-state index contributed by atoms with van der Waals surface area (Å²) in [5.74, 6) is 0.460. The topological polar surface area (TPSA) is 46.2 Å². The first kappa shape index (κ1) is 15.5. The van der Waals surface area contributed by atoms with E-state index in [9.17, 15) is 8.42 Å². The lowest BCUT2D eigenvalue weighted by molar-refractivity contribution is 0.558. The molecule has 1 unspecified atom stereocenters. The number of rotatable bonds is 7. The summed E-state index contributed by atoms with van der Waals surface area (Å²) < 4.78 is 26.1. The minimum absolute atomic E-state index is 0.0919. The highest BCUT2D eigenvalue weighted by Gasteiger charge is 2.14. The molecule has 0 radical (unpaired) electrons. The summed E-state index contributed by atoms with van der Waals surface area (Å²) in [4.78, 5) is 0. The molecule has 5 heteroatoms. The van der Waals surface area contributed by atoms with E-state index < -0.39 is 10.0 Å². The highest BCUT2D eigenvalue weighted by Crippen LogP contribution is 2.10. The molecule has 1 N–H and O–H groups in total. The van der Waals surface area contributed by atoms with Gasteiger partial charge in [0.05, 0.1) is 5.75 Å². The van der Waals surface area contributed by atoms with Crippen LogP contribution in [0.5, 0.6) is 0 Å². The minimum Gasteiger partial charge on any atom is -0.212 e. The van der Waals surface area contributed by atoms with Gasteiger partial charge in [-0.2, -0.15) is 0 Å². The van der Waals surface area contributed by atoms with Gasteiger partial charge >= 0.3 is 0 Å². The van der Waals surface area contributed by atoms with Gasteiger partial charge in [0.25, 0.3) is 0 Å². The smallest absolute Gasteiger partial charge is 0.211 e. The molecule has 102 valence electrons. The molecule has 1 aromatic carbocycles. The second-order valence-corrected chi connectivity index (χ2v) is 6.76. The number of sulfonamides is 1. The van der Waals surface area contributed by atoms with Crippen molar-refractivity contribution in [3.05, 3.63) is 35.4 Å². The van der Waals surface area contributed by atoms with Crippen molar-refractivity contribution in [2.24, 2.45) is 0 Å². The predicted molar refractivity (Wildman–Crippen MR) is 76.6 cm³/mol. The average molecular weight is 290 g/mol. The molecular weight excluding hydrogens is 270 g/mol. The van der Waals surface area contributed by atoms with Crippen molar-refractivity contribution in [2.45, 2.75) is 32.7 Å². The van der Waals surface area contributed by atoms with Crippen LogP contribution >= 0.6 is 11.6 Å². The highest BCUT2D eigenvalue weighted by atomic mass is 35.5. The summed E-state index contributed by atoms with van der Waals surface area (Å²) in [5.41, 5.74) is 2.36. The molecule has 0 fully saturated rings. The number of aryl methyl sites for hydroxylation is 1. The zero-order valence-corrected chi connectivity index (χ0v) is 12.4. The Morgan fingerprint density at radius 3 is 2.61 bits per heavy atom. The third kappa shape index (κ3) is 5.38. The summed E-state index contributed by atoms with van der Waals surface area (Å²) in [6, 6.07) is 7.90. The summed E-state index contributed by atoms with van der Waals surface area (Å²) in [6.45, 7) is 3.91. The second-order valence-electron chi connectivity index (χ2n) is 4.51. The van der Waals surface area contributed by atoms with Gasteiger partial charge in [0.2, 0.25) is 10.0 Å². The Morgan fingerprint density at radius 1 is 1.33 bits per heavy atom. The number of halogens is 1. The summed E-state index contributed by atoms with van der Waals surface area (Å²) in [7, 11) is -3.21. The fraction of sp³-hybridized carbons (Fsp3) is 0.538. The van der Waals surface area contributed by atoms with Crippen molar-refractivity contribution in [3.8, 4) is 0 Å². The Morgan fingerprint density at radius 2 is 2.00 bits per heavy atom. The Balaban J connectivity index is 2.57. The monoisotopic (exact) mass is 289 g/mol. The van der Waals surface area contributed by atoms with Crippen molar-refractivity contribution < 1.29 is 8.42 Å². The summed E-state index contributed by atoms with van der Waals surface area (Å²) >= 11 is 5.50. The van der Waals surface area contributed by atoms with E-state index in [1.807, 2.05) is 38.1 Å². The van der Waals surface area contributed by atoms with Crippen LogP contribution in [0.15, 0.2) is 24.3 Å². The second kappa shape index (κ2) is 7.12. The first-order valence-corrected chi connectivity index (χ1v) is 8.24. The molecule has 0 aliphatic carbocycles. The van der Waals surface area contributed by atoms with Crippen LogP contribution < -0.4 is 4.72 Å². The van der Waals surface area contributed by atoms with Crippen molar-refractivity contribution in [2.75, 3.05) is 11.6 Å². The number of hydrogen-bond acceptors (Lipinski definition) is 2. The van der Waals surface area contributed by atoms with Crippen LogP contribution in [0.25, 0.3) is 0 Å². The van der Waals surface area contributed by atoms with Crippen LogP contribution in [0.3, 0.4) is 0 Å². The zero-order chi connectivity index (χ0) is 13.6. The van der Waals surface area contributed by atoms with Gasteiger partial charge in [0, 0.05) is 11.9 Å². The van der Waals surface area contributed by atoms with Crippen molar-refractivity contribution in [1.29, 1.82) is 0 Å². The normalized spacial score (nSPS) is 13.5. The lowest BCUT2D eigenvalue weighted by Gasteiger charge is -2.15. The van der Waals surface area contributed by atoms with Gasteiger partial charge in [0.1, 0.15) is 0 Å². The molecule has 0 aliphatic heterocycles. The van der Waals surface area contributed by atoms with E-state index in [2.05, 4.69) is 4.72 Å². The Labute approximate surface area is 115 Å². The van der Waals surface area contributed by atoms with Crippen LogP contribution in [0, 0.1) is 6.92 Å². The number of benzene rings is 1. The van der Waals surface area contributed by atoms with Crippen molar-refractivity contribution >= 4 is 21.6 Å². The molecule has 1 rings (SSSR count). The third-order valence-corrected chi connectivity index (χ3v) is 4.57. The van der Waals surface area contributed by atoms with E-state index >= 15 is 0 Å². The van der Waals surface area contributed by atoms with Crippen LogP contribution in [-0.2, 0) is 16.4 Å². The molecular formula is C13H20ClNO2S. The van der Waals surface area contributed by atoms with Gasteiger partial charge in [-0.3, -0.25) is 0 Å². The van der Waals surface area contributed by atoms with E-state index in [0.29, 0.717) is 18.7 Å². The molecule has 0 saturated heterocycles. The van der Waals surface area contributed by atoms with Crippen molar-refractivity contribution in [3.63, 3.8) is 0 Å². The SMILES string of the molecule is Cc1ccccc1CC(C)NS(=O)(=O)CCCCl. The number of nitrogens with one attached hydrogen (secondary N) is 1. The lowest BCUT2D eigenvalue weighted by Crippen LogP contribution is -2.36. The van der Waals surface area contributed by atoms with Gasteiger partial charge < -0.3 is 0 Å². The number of hydrogen-bond donors (Lipinski definition) is 1. The average Bonchev–Trinajstić information content (AvgIpc) is 2.29. The van der Waals surface area contributed by atoms with Gasteiger partial charge in [-0.05, 0) is 37.8 Å². The van der Waals surface area contributed by atoms with Crippen molar-refractivity contribution in [1.82, 2.24) is 4.72 Å². The molecule has 0 amide bonds. The van der Waals surface area contributed by atoms with Crippen LogP contribution in [0.1, 0.15) is 24.5 Å². The molecule has 0 spiro atoms. The number of alkyl halides is 1. The van der Waals surface area contributed by atoms with Gasteiger partial charge in [-0.1, -0.05) is 24.3 Å². The molecule has 3 nitrogen and oxygen atoms in total. The van der Waals surface area contributed by atoms with Crippen LogP contribution in [-0.4, -0.2) is 26.1 Å². The fourth-order valence-corrected chi connectivity index (χ4v) is 3.45. The Bertz CT molecular complexity index is 474. The predicted octanol–water partition coefficient (Wildman–Crippen LogP) is 2.47. The van der Waals surface area contributed by atoms with Gasteiger partial charge in [0.15, 0.2) is 0 Å². The molecule has 0 bridgehead atoms. The van der Waals surface area contributed by atoms with Gasteiger partial charge in [-0.25, -0.2) is 13.1 Å². The van der Waals surface area contributed by atoms with Crippen LogP contribution in [0.4, 0.5) is 0 Å². The molecule has 0 heterocycles. The van der Waals surface area contributed by atoms with E-state index in [1.165, 1.54) is 11.1 Å². The highest BCUT2D eigenvalue weighted by molar-refractivity contribution is 7.89. The maximum absolute atomic E-state index is 11.7. The maximum Gasteiger partial charge on any atom is 0.211 e. The van der Waals surface area contributed by atoms with E-state index in [4.69, 9.17) is 11.6 Å². The lowest BCUT2D eigenvalue weighted by atomic mass is 10.0. The van der Waals surface area contributed by atoms with E-state index in [1.54, 1.807) is 0 Å². The fourth-order valence-electron chi connectivity index (χ4n) is 1.82. The molecule has 0 saturated carbocycles. The molecule has 1 aromatic rings. The van der Waals surface area contributed by atoms with Gasteiger partial charge in [-0.15, -0.1) is 11.6 Å². The zero-order valence-electron chi connectivity index (χ0n) is 10.8. The maximum atomic E-state index is 11.7. The van der Waals surface area contributed by atoms with Crippen LogP contribution in [0.2, 0.25) is 0 Å². The molecule has 1 atom stereocenters. The van der Waals surface area contributed by atoms with E-state index in [-0.39, 0.29) is 11.8 Å². The summed E-state index contributed by atoms with van der Waals surface area (Å²) in [5, 5.41) is 0.